The van der Waals surface area contributed by atoms with Crippen LogP contribution in [0.15, 0.2) is 34.7 Å². The van der Waals surface area contributed by atoms with Crippen molar-refractivity contribution in [2.45, 2.75) is 39.7 Å². The molecule has 2 heterocycles. The zero-order chi connectivity index (χ0) is 23.5. The Labute approximate surface area is 186 Å². The Morgan fingerprint density at radius 2 is 1.97 bits per heavy atom. The first-order chi connectivity index (χ1) is 15.2. The summed E-state index contributed by atoms with van der Waals surface area (Å²) in [6, 6.07) is 9.92. The minimum Gasteiger partial charge on any atom is -0.494 e. The van der Waals surface area contributed by atoms with E-state index in [9.17, 15) is 14.4 Å². The van der Waals surface area contributed by atoms with Crippen molar-refractivity contribution < 1.29 is 23.5 Å². The Bertz CT molecular complexity index is 1070. The van der Waals surface area contributed by atoms with E-state index in [4.69, 9.17) is 14.4 Å². The number of furan rings is 1. The molecule has 1 N–H and O–H groups in total. The summed E-state index contributed by atoms with van der Waals surface area (Å²) in [5, 5.41) is 11.7. The lowest BCUT2D eigenvalue weighted by molar-refractivity contribution is -0.134. The second-order valence-electron chi connectivity index (χ2n) is 7.65. The fraction of sp³-hybridized carbons (Fsp3) is 0.391. The lowest BCUT2D eigenvalue weighted by atomic mass is 9.92. The van der Waals surface area contributed by atoms with Crippen LogP contribution in [0.3, 0.4) is 0 Å². The molecule has 1 aliphatic heterocycles. The summed E-state index contributed by atoms with van der Waals surface area (Å²) >= 11 is 0. The van der Waals surface area contributed by atoms with E-state index in [0.29, 0.717) is 35.1 Å². The van der Waals surface area contributed by atoms with Crippen molar-refractivity contribution in [3.8, 4) is 11.8 Å². The van der Waals surface area contributed by atoms with Crippen molar-refractivity contribution in [2.75, 3.05) is 24.6 Å². The van der Waals surface area contributed by atoms with Crippen molar-refractivity contribution >= 4 is 23.5 Å². The van der Waals surface area contributed by atoms with Crippen LogP contribution in [-0.2, 0) is 15.1 Å². The highest BCUT2D eigenvalue weighted by atomic mass is 16.5. The second kappa shape index (κ2) is 9.14. The molecule has 1 aromatic heterocycles. The maximum Gasteiger partial charge on any atom is 0.325 e. The number of urea groups is 1. The van der Waals surface area contributed by atoms with Crippen LogP contribution >= 0.6 is 0 Å². The number of amides is 4. The predicted octanol–water partition coefficient (Wildman–Crippen LogP) is 3.01. The van der Waals surface area contributed by atoms with Crippen LogP contribution in [0.2, 0.25) is 0 Å². The Balaban J connectivity index is 1.82. The molecule has 0 saturated carbocycles. The highest BCUT2D eigenvalue weighted by molar-refractivity contribution is 6.10. The summed E-state index contributed by atoms with van der Waals surface area (Å²) in [5.41, 5.74) is -0.225. The molecule has 1 atom stereocenters. The number of rotatable bonds is 8. The van der Waals surface area contributed by atoms with Gasteiger partial charge in [-0.15, -0.1) is 0 Å². The average Bonchev–Trinajstić information content (AvgIpc) is 3.20. The smallest absolute Gasteiger partial charge is 0.325 e. The number of carbonyl (C=O) groups excluding carboxylic acids is 3. The van der Waals surface area contributed by atoms with E-state index in [1.165, 1.54) is 4.90 Å². The first kappa shape index (κ1) is 22.9. The molecule has 1 aromatic carbocycles. The number of imide groups is 1. The maximum absolute atomic E-state index is 13.2. The molecule has 0 radical (unpaired) electrons. The summed E-state index contributed by atoms with van der Waals surface area (Å²) < 4.78 is 10.9. The molecule has 168 valence electrons. The second-order valence-corrected chi connectivity index (χ2v) is 7.65. The van der Waals surface area contributed by atoms with Gasteiger partial charge in [-0.25, -0.2) is 4.79 Å². The van der Waals surface area contributed by atoms with Crippen molar-refractivity contribution in [3.63, 3.8) is 0 Å². The summed E-state index contributed by atoms with van der Waals surface area (Å²) in [6.07, 6.45) is 0.101. The van der Waals surface area contributed by atoms with E-state index in [2.05, 4.69) is 5.32 Å². The van der Waals surface area contributed by atoms with Gasteiger partial charge in [0.25, 0.3) is 5.91 Å². The van der Waals surface area contributed by atoms with E-state index in [1.807, 2.05) is 13.0 Å². The standard InChI is InChI=1S/C23H26N4O5/c1-5-31-18-9-7-17(8-10-18)26(12-6-11-24)20(28)14-27-21(29)23(4,25-22(27)30)19-13-15(2)32-16(19)3/h7-10,13H,5-6,12,14H2,1-4H3,(H,25,30). The van der Waals surface area contributed by atoms with Crippen LogP contribution in [0.25, 0.3) is 0 Å². The molecule has 1 fully saturated rings. The van der Waals surface area contributed by atoms with Crippen molar-refractivity contribution in [1.82, 2.24) is 10.2 Å². The lowest BCUT2D eigenvalue weighted by Crippen LogP contribution is -2.45. The molecule has 3 rings (SSSR count). The lowest BCUT2D eigenvalue weighted by Gasteiger charge is -2.25. The zero-order valence-electron chi connectivity index (χ0n) is 18.6. The number of aryl methyl sites for hydroxylation is 2. The van der Waals surface area contributed by atoms with Gasteiger partial charge in [-0.1, -0.05) is 0 Å². The Morgan fingerprint density at radius 1 is 1.28 bits per heavy atom. The van der Waals surface area contributed by atoms with Gasteiger partial charge >= 0.3 is 6.03 Å². The third kappa shape index (κ3) is 4.30. The van der Waals surface area contributed by atoms with E-state index >= 15 is 0 Å². The molecule has 1 aliphatic rings. The number of anilines is 1. The van der Waals surface area contributed by atoms with Gasteiger partial charge in [0.1, 0.15) is 29.4 Å². The molecule has 9 nitrogen and oxygen atoms in total. The molecule has 1 saturated heterocycles. The third-order valence-electron chi connectivity index (χ3n) is 5.36. The molecular weight excluding hydrogens is 412 g/mol. The van der Waals surface area contributed by atoms with Gasteiger partial charge in [0, 0.05) is 17.8 Å². The first-order valence-electron chi connectivity index (χ1n) is 10.3. The quantitative estimate of drug-likeness (QED) is 0.634. The topological polar surface area (TPSA) is 116 Å². The van der Waals surface area contributed by atoms with Crippen molar-refractivity contribution in [2.24, 2.45) is 0 Å². The zero-order valence-corrected chi connectivity index (χ0v) is 18.6. The third-order valence-corrected chi connectivity index (χ3v) is 5.36. The molecule has 0 spiro atoms. The number of hydrogen-bond acceptors (Lipinski definition) is 6. The van der Waals surface area contributed by atoms with Crippen LogP contribution in [0.1, 0.15) is 37.4 Å². The molecule has 0 bridgehead atoms. The number of nitrogens with one attached hydrogen (secondary N) is 1. The Kier molecular flexibility index (Phi) is 6.53. The summed E-state index contributed by atoms with van der Waals surface area (Å²) in [5.74, 6) is 0.786. The van der Waals surface area contributed by atoms with Crippen LogP contribution in [-0.4, -0.2) is 42.4 Å². The van der Waals surface area contributed by atoms with E-state index in [1.54, 1.807) is 51.1 Å². The monoisotopic (exact) mass is 438 g/mol. The number of ether oxygens (including phenoxy) is 1. The summed E-state index contributed by atoms with van der Waals surface area (Å²) in [4.78, 5) is 41.2. The van der Waals surface area contributed by atoms with Gasteiger partial charge in [-0.2, -0.15) is 5.26 Å². The highest BCUT2D eigenvalue weighted by Crippen LogP contribution is 2.33. The van der Waals surface area contributed by atoms with Crippen molar-refractivity contribution in [3.05, 3.63) is 47.4 Å². The average molecular weight is 438 g/mol. The van der Waals surface area contributed by atoms with E-state index in [0.717, 1.165) is 4.90 Å². The summed E-state index contributed by atoms with van der Waals surface area (Å²) in [7, 11) is 0. The molecule has 32 heavy (non-hydrogen) atoms. The number of nitrogens with zero attached hydrogens (tertiary/aromatic N) is 3. The van der Waals surface area contributed by atoms with Gasteiger partial charge < -0.3 is 19.4 Å². The van der Waals surface area contributed by atoms with Gasteiger partial charge in [-0.05, 0) is 58.0 Å². The molecule has 1 unspecified atom stereocenters. The van der Waals surface area contributed by atoms with Gasteiger partial charge in [0.15, 0.2) is 0 Å². The Hall–Kier alpha value is -3.80. The number of nitriles is 1. The van der Waals surface area contributed by atoms with Crippen LogP contribution in [0.5, 0.6) is 5.75 Å². The van der Waals surface area contributed by atoms with Gasteiger partial charge in [0.05, 0.1) is 19.1 Å². The van der Waals surface area contributed by atoms with Crippen LogP contribution in [0.4, 0.5) is 10.5 Å². The predicted molar refractivity (Wildman–Crippen MR) is 116 cm³/mol. The fourth-order valence-electron chi connectivity index (χ4n) is 3.82. The number of benzene rings is 1. The molecule has 4 amide bonds. The fourth-order valence-corrected chi connectivity index (χ4v) is 3.82. The van der Waals surface area contributed by atoms with Crippen molar-refractivity contribution in [1.29, 1.82) is 5.26 Å². The minimum atomic E-state index is -1.32. The number of carbonyl (C=O) groups is 3. The SMILES string of the molecule is CCOc1ccc(N(CCC#N)C(=O)CN2C(=O)NC(C)(c3cc(C)oc3C)C2=O)cc1. The van der Waals surface area contributed by atoms with Crippen LogP contribution < -0.4 is 15.0 Å². The largest absolute Gasteiger partial charge is 0.494 e. The van der Waals surface area contributed by atoms with E-state index in [-0.39, 0.29) is 13.0 Å². The molecule has 9 heteroatoms. The molecule has 2 aromatic rings. The normalized spacial score (nSPS) is 17.8. The maximum atomic E-state index is 13.2. The molecular formula is C23H26N4O5. The summed E-state index contributed by atoms with van der Waals surface area (Å²) in [6.45, 7) is 7.13. The Morgan fingerprint density at radius 3 is 2.53 bits per heavy atom. The van der Waals surface area contributed by atoms with Gasteiger partial charge in [-0.3, -0.25) is 14.5 Å². The first-order valence-corrected chi connectivity index (χ1v) is 10.3. The molecule has 0 aliphatic carbocycles. The van der Waals surface area contributed by atoms with E-state index < -0.39 is 29.9 Å². The minimum absolute atomic E-state index is 0.101. The highest BCUT2D eigenvalue weighted by Gasteiger charge is 2.51. The number of hydrogen-bond donors (Lipinski definition) is 1. The van der Waals surface area contributed by atoms with Crippen LogP contribution in [0, 0.1) is 25.2 Å². The van der Waals surface area contributed by atoms with Gasteiger partial charge in [0.2, 0.25) is 5.91 Å².